The van der Waals surface area contributed by atoms with Gasteiger partial charge < -0.3 is 14.7 Å². The maximum absolute atomic E-state index is 12.3. The first-order valence-electron chi connectivity index (χ1n) is 7.20. The first-order chi connectivity index (χ1) is 10.0. The van der Waals surface area contributed by atoms with E-state index in [1.807, 2.05) is 37.3 Å². The number of rotatable bonds is 9. The van der Waals surface area contributed by atoms with Crippen molar-refractivity contribution in [2.24, 2.45) is 0 Å². The second-order valence-corrected chi connectivity index (χ2v) is 4.94. The second kappa shape index (κ2) is 9.13. The number of carbonyl (C=O) groups is 2. The fraction of sp³-hybridized carbons (Fsp3) is 0.500. The Morgan fingerprint density at radius 2 is 1.95 bits per heavy atom. The van der Waals surface area contributed by atoms with Crippen molar-refractivity contribution in [2.75, 3.05) is 13.2 Å². The SMILES string of the molecule is CCCCOC(C)C(=O)N(CC(=O)O)Cc1ccccc1. The van der Waals surface area contributed by atoms with Gasteiger partial charge in [0.15, 0.2) is 0 Å². The lowest BCUT2D eigenvalue weighted by Gasteiger charge is -2.24. The van der Waals surface area contributed by atoms with Crippen LogP contribution >= 0.6 is 0 Å². The molecule has 1 amide bonds. The molecule has 5 heteroatoms. The lowest BCUT2D eigenvalue weighted by molar-refractivity contribution is -0.150. The van der Waals surface area contributed by atoms with E-state index in [0.717, 1.165) is 18.4 Å². The molecule has 0 spiro atoms. The van der Waals surface area contributed by atoms with Gasteiger partial charge in [-0.2, -0.15) is 0 Å². The molecule has 116 valence electrons. The Balaban J connectivity index is 2.67. The summed E-state index contributed by atoms with van der Waals surface area (Å²) in [5, 5.41) is 8.97. The highest BCUT2D eigenvalue weighted by molar-refractivity contribution is 5.84. The number of nitrogens with zero attached hydrogens (tertiary/aromatic N) is 1. The molecule has 1 aromatic rings. The third-order valence-electron chi connectivity index (χ3n) is 3.07. The van der Waals surface area contributed by atoms with Crippen LogP contribution in [-0.2, 0) is 20.9 Å². The van der Waals surface area contributed by atoms with Gasteiger partial charge in [-0.15, -0.1) is 0 Å². The third-order valence-corrected chi connectivity index (χ3v) is 3.07. The predicted molar refractivity (Wildman–Crippen MR) is 79.8 cm³/mol. The minimum Gasteiger partial charge on any atom is -0.480 e. The zero-order chi connectivity index (χ0) is 15.7. The molecule has 0 saturated carbocycles. The highest BCUT2D eigenvalue weighted by atomic mass is 16.5. The summed E-state index contributed by atoms with van der Waals surface area (Å²) in [5.74, 6) is -1.32. The Morgan fingerprint density at radius 3 is 2.52 bits per heavy atom. The molecule has 0 radical (unpaired) electrons. The van der Waals surface area contributed by atoms with Crippen LogP contribution in [0.5, 0.6) is 0 Å². The first kappa shape index (κ1) is 17.2. The number of aliphatic carboxylic acids is 1. The van der Waals surface area contributed by atoms with Crippen LogP contribution in [0, 0.1) is 0 Å². The quantitative estimate of drug-likeness (QED) is 0.709. The van der Waals surface area contributed by atoms with E-state index in [2.05, 4.69) is 0 Å². The van der Waals surface area contributed by atoms with E-state index in [4.69, 9.17) is 9.84 Å². The molecule has 0 saturated heterocycles. The van der Waals surface area contributed by atoms with Crippen molar-refractivity contribution in [3.05, 3.63) is 35.9 Å². The highest BCUT2D eigenvalue weighted by Gasteiger charge is 2.23. The molecule has 0 aromatic heterocycles. The number of ether oxygens (including phenoxy) is 1. The molecule has 1 N–H and O–H groups in total. The van der Waals surface area contributed by atoms with Crippen LogP contribution < -0.4 is 0 Å². The summed E-state index contributed by atoms with van der Waals surface area (Å²) in [6.07, 6.45) is 1.25. The number of carboxylic acid groups (broad SMARTS) is 1. The van der Waals surface area contributed by atoms with Crippen molar-refractivity contribution in [1.82, 2.24) is 4.90 Å². The molecule has 0 aliphatic carbocycles. The van der Waals surface area contributed by atoms with Gasteiger partial charge in [-0.05, 0) is 18.9 Å². The van der Waals surface area contributed by atoms with Gasteiger partial charge in [-0.3, -0.25) is 9.59 Å². The number of unbranched alkanes of at least 4 members (excludes halogenated alkanes) is 1. The molecule has 21 heavy (non-hydrogen) atoms. The summed E-state index contributed by atoms with van der Waals surface area (Å²) in [5.41, 5.74) is 0.896. The zero-order valence-electron chi connectivity index (χ0n) is 12.6. The molecular weight excluding hydrogens is 270 g/mol. The number of carbonyl (C=O) groups excluding carboxylic acids is 1. The molecule has 1 atom stereocenters. The van der Waals surface area contributed by atoms with Crippen LogP contribution in [0.4, 0.5) is 0 Å². The minimum atomic E-state index is -1.03. The molecule has 5 nitrogen and oxygen atoms in total. The maximum atomic E-state index is 12.3. The summed E-state index contributed by atoms with van der Waals surface area (Å²) in [6.45, 7) is 4.16. The van der Waals surface area contributed by atoms with Crippen molar-refractivity contribution in [3.63, 3.8) is 0 Å². The van der Waals surface area contributed by atoms with Gasteiger partial charge in [0.2, 0.25) is 0 Å². The van der Waals surface area contributed by atoms with Gasteiger partial charge >= 0.3 is 5.97 Å². The second-order valence-electron chi connectivity index (χ2n) is 4.94. The summed E-state index contributed by atoms with van der Waals surface area (Å²) >= 11 is 0. The van der Waals surface area contributed by atoms with Gasteiger partial charge in [0.25, 0.3) is 5.91 Å². The van der Waals surface area contributed by atoms with Gasteiger partial charge in [-0.25, -0.2) is 0 Å². The Morgan fingerprint density at radius 1 is 1.29 bits per heavy atom. The Labute approximate surface area is 125 Å². The number of hydrogen-bond acceptors (Lipinski definition) is 3. The van der Waals surface area contributed by atoms with Gasteiger partial charge in [0.1, 0.15) is 12.6 Å². The minimum absolute atomic E-state index is 0.271. The first-order valence-corrected chi connectivity index (χ1v) is 7.20. The summed E-state index contributed by atoms with van der Waals surface area (Å²) in [6, 6.07) is 9.33. The van der Waals surface area contributed by atoms with E-state index in [1.54, 1.807) is 6.92 Å². The Kier molecular flexibility index (Phi) is 7.46. The third kappa shape index (κ3) is 6.40. The summed E-state index contributed by atoms with van der Waals surface area (Å²) in [7, 11) is 0. The van der Waals surface area contributed by atoms with E-state index >= 15 is 0 Å². The average molecular weight is 293 g/mol. The van der Waals surface area contributed by atoms with Gasteiger partial charge in [0.05, 0.1) is 0 Å². The number of hydrogen-bond donors (Lipinski definition) is 1. The fourth-order valence-corrected chi connectivity index (χ4v) is 1.91. The molecule has 0 bridgehead atoms. The van der Waals surface area contributed by atoms with E-state index in [1.165, 1.54) is 4.90 Å². The van der Waals surface area contributed by atoms with Crippen molar-refractivity contribution < 1.29 is 19.4 Å². The van der Waals surface area contributed by atoms with E-state index < -0.39 is 12.1 Å². The zero-order valence-corrected chi connectivity index (χ0v) is 12.6. The molecule has 1 unspecified atom stereocenters. The summed E-state index contributed by atoms with van der Waals surface area (Å²) in [4.78, 5) is 24.6. The van der Waals surface area contributed by atoms with Crippen LogP contribution in [0.3, 0.4) is 0 Å². The van der Waals surface area contributed by atoms with Gasteiger partial charge in [0, 0.05) is 13.2 Å². The molecule has 0 heterocycles. The largest absolute Gasteiger partial charge is 0.480 e. The topological polar surface area (TPSA) is 66.8 Å². The Bertz CT molecular complexity index is 447. The van der Waals surface area contributed by atoms with E-state index in [9.17, 15) is 9.59 Å². The monoisotopic (exact) mass is 293 g/mol. The van der Waals surface area contributed by atoms with Crippen molar-refractivity contribution in [2.45, 2.75) is 39.3 Å². The lowest BCUT2D eigenvalue weighted by atomic mass is 10.2. The fourth-order valence-electron chi connectivity index (χ4n) is 1.91. The molecule has 1 rings (SSSR count). The number of carboxylic acids is 1. The van der Waals surface area contributed by atoms with Crippen LogP contribution in [0.2, 0.25) is 0 Å². The summed E-state index contributed by atoms with van der Waals surface area (Å²) < 4.78 is 5.46. The molecule has 0 fully saturated rings. The van der Waals surface area contributed by atoms with Crippen molar-refractivity contribution in [3.8, 4) is 0 Å². The average Bonchev–Trinajstić information content (AvgIpc) is 2.46. The van der Waals surface area contributed by atoms with Gasteiger partial charge in [-0.1, -0.05) is 43.7 Å². The van der Waals surface area contributed by atoms with E-state index in [-0.39, 0.29) is 19.0 Å². The predicted octanol–water partition coefficient (Wildman–Crippen LogP) is 2.30. The standard InChI is InChI=1S/C16H23NO4/c1-3-4-10-21-13(2)16(20)17(12-15(18)19)11-14-8-6-5-7-9-14/h5-9,13H,3-4,10-12H2,1-2H3,(H,18,19). The smallest absolute Gasteiger partial charge is 0.323 e. The molecule has 1 aromatic carbocycles. The van der Waals surface area contributed by atoms with Crippen molar-refractivity contribution >= 4 is 11.9 Å². The molecule has 0 aliphatic heterocycles. The Hall–Kier alpha value is -1.88. The molecular formula is C16H23NO4. The van der Waals surface area contributed by atoms with Crippen LogP contribution in [0.25, 0.3) is 0 Å². The lowest BCUT2D eigenvalue weighted by Crippen LogP contribution is -2.41. The number of amides is 1. The van der Waals surface area contributed by atoms with Crippen molar-refractivity contribution in [1.29, 1.82) is 0 Å². The molecule has 0 aliphatic rings. The van der Waals surface area contributed by atoms with Crippen LogP contribution in [0.15, 0.2) is 30.3 Å². The maximum Gasteiger partial charge on any atom is 0.323 e. The number of benzene rings is 1. The van der Waals surface area contributed by atoms with Crippen LogP contribution in [-0.4, -0.2) is 41.1 Å². The highest BCUT2D eigenvalue weighted by Crippen LogP contribution is 2.08. The van der Waals surface area contributed by atoms with Crippen LogP contribution in [0.1, 0.15) is 32.3 Å². The van der Waals surface area contributed by atoms with E-state index in [0.29, 0.717) is 6.61 Å². The normalized spacial score (nSPS) is 11.9.